The van der Waals surface area contributed by atoms with Crippen molar-refractivity contribution >= 4 is 17.5 Å². The average molecular weight is 361 g/mol. The number of carbonyl (C=O) groups is 2. The van der Waals surface area contributed by atoms with Crippen molar-refractivity contribution in [1.82, 2.24) is 9.80 Å². The Morgan fingerprint density at radius 1 is 1.15 bits per heavy atom. The van der Waals surface area contributed by atoms with Crippen molar-refractivity contribution in [2.75, 3.05) is 57.6 Å². The number of nitrogens with zero attached hydrogens (tertiary/aromatic N) is 3. The highest BCUT2D eigenvalue weighted by atomic mass is 16.7. The van der Waals surface area contributed by atoms with Gasteiger partial charge in [0.25, 0.3) is 0 Å². The van der Waals surface area contributed by atoms with E-state index in [4.69, 9.17) is 14.6 Å². The molecule has 0 aromatic heterocycles. The van der Waals surface area contributed by atoms with Gasteiger partial charge in [-0.15, -0.1) is 0 Å². The first-order valence-electron chi connectivity index (χ1n) is 8.98. The first kappa shape index (κ1) is 17.1. The topological polar surface area (TPSA) is 82.6 Å². The largest absolute Gasteiger partial charge is 0.454 e. The number of piperazine rings is 1. The molecule has 0 radical (unpaired) electrons. The van der Waals surface area contributed by atoms with Gasteiger partial charge >= 0.3 is 0 Å². The second-order valence-corrected chi connectivity index (χ2v) is 6.83. The molecule has 1 unspecified atom stereocenters. The number of β-amino-alcohol motifs (C(OH)–C–C–N with tert-alkyl or cyclic N) is 1. The van der Waals surface area contributed by atoms with Crippen LogP contribution in [0.15, 0.2) is 18.2 Å². The zero-order valence-corrected chi connectivity index (χ0v) is 14.6. The van der Waals surface area contributed by atoms with E-state index in [0.717, 1.165) is 18.8 Å². The summed E-state index contributed by atoms with van der Waals surface area (Å²) in [5.74, 6) is 1.00. The van der Waals surface area contributed by atoms with Gasteiger partial charge in [0.15, 0.2) is 11.5 Å². The monoisotopic (exact) mass is 361 g/mol. The van der Waals surface area contributed by atoms with E-state index in [1.165, 1.54) is 0 Å². The third-order valence-corrected chi connectivity index (χ3v) is 5.24. The summed E-state index contributed by atoms with van der Waals surface area (Å²) in [6.45, 7) is 4.18. The summed E-state index contributed by atoms with van der Waals surface area (Å²) < 4.78 is 10.7. The summed E-state index contributed by atoms with van der Waals surface area (Å²) in [7, 11) is 0. The van der Waals surface area contributed by atoms with Gasteiger partial charge in [-0.3, -0.25) is 14.5 Å². The zero-order chi connectivity index (χ0) is 18.1. The molecule has 0 saturated carbocycles. The summed E-state index contributed by atoms with van der Waals surface area (Å²) in [5, 5.41) is 9.01. The highest BCUT2D eigenvalue weighted by Gasteiger charge is 2.38. The van der Waals surface area contributed by atoms with Gasteiger partial charge in [0.05, 0.1) is 12.5 Å². The lowest BCUT2D eigenvalue weighted by atomic mass is 10.1. The molecule has 140 valence electrons. The molecule has 3 aliphatic heterocycles. The molecule has 26 heavy (non-hydrogen) atoms. The van der Waals surface area contributed by atoms with Crippen LogP contribution >= 0.6 is 0 Å². The van der Waals surface area contributed by atoms with E-state index in [2.05, 4.69) is 4.90 Å². The van der Waals surface area contributed by atoms with Crippen molar-refractivity contribution in [1.29, 1.82) is 0 Å². The predicted molar refractivity (Wildman–Crippen MR) is 93.1 cm³/mol. The molecule has 3 heterocycles. The van der Waals surface area contributed by atoms with E-state index in [-0.39, 0.29) is 37.6 Å². The lowest BCUT2D eigenvalue weighted by Gasteiger charge is -2.35. The molecule has 2 amide bonds. The summed E-state index contributed by atoms with van der Waals surface area (Å²) >= 11 is 0. The van der Waals surface area contributed by atoms with E-state index in [0.29, 0.717) is 37.7 Å². The number of anilines is 1. The third-order valence-electron chi connectivity index (χ3n) is 5.24. The van der Waals surface area contributed by atoms with E-state index < -0.39 is 0 Å². The quantitative estimate of drug-likeness (QED) is 0.807. The van der Waals surface area contributed by atoms with Gasteiger partial charge in [-0.05, 0) is 12.1 Å². The van der Waals surface area contributed by atoms with Gasteiger partial charge in [-0.2, -0.15) is 0 Å². The van der Waals surface area contributed by atoms with Crippen LogP contribution in [0.3, 0.4) is 0 Å². The first-order valence-corrected chi connectivity index (χ1v) is 8.98. The van der Waals surface area contributed by atoms with E-state index in [1.54, 1.807) is 17.0 Å². The lowest BCUT2D eigenvalue weighted by molar-refractivity contribution is -0.137. The number of fused-ring (bicyclic) bond motifs is 1. The van der Waals surface area contributed by atoms with Crippen molar-refractivity contribution in [3.8, 4) is 11.5 Å². The molecule has 1 aromatic rings. The van der Waals surface area contributed by atoms with Crippen LogP contribution in [0.25, 0.3) is 0 Å². The molecule has 4 rings (SSSR count). The number of carbonyl (C=O) groups excluding carboxylic acids is 2. The molecule has 2 fully saturated rings. The molecule has 8 nitrogen and oxygen atoms in total. The average Bonchev–Trinajstić information content (AvgIpc) is 3.27. The van der Waals surface area contributed by atoms with Gasteiger partial charge < -0.3 is 24.4 Å². The molecule has 0 aliphatic carbocycles. The molecular weight excluding hydrogens is 338 g/mol. The SMILES string of the molecule is O=C(C1CC(=O)N(c2ccc3c(c2)OCO3)C1)N1CCN(CCO)CC1. The van der Waals surface area contributed by atoms with Gasteiger partial charge in [-0.25, -0.2) is 0 Å². The molecule has 0 spiro atoms. The van der Waals surface area contributed by atoms with Gasteiger partial charge in [-0.1, -0.05) is 0 Å². The number of aliphatic hydroxyl groups is 1. The Bertz CT molecular complexity index is 702. The maximum Gasteiger partial charge on any atom is 0.231 e. The van der Waals surface area contributed by atoms with E-state index >= 15 is 0 Å². The predicted octanol–water partition coefficient (Wildman–Crippen LogP) is -0.0953. The maximum atomic E-state index is 12.8. The lowest BCUT2D eigenvalue weighted by Crippen LogP contribution is -2.51. The Hall–Kier alpha value is -2.32. The van der Waals surface area contributed by atoms with Crippen LogP contribution in [0.1, 0.15) is 6.42 Å². The number of hydrogen-bond acceptors (Lipinski definition) is 6. The molecule has 2 saturated heterocycles. The smallest absolute Gasteiger partial charge is 0.231 e. The summed E-state index contributed by atoms with van der Waals surface area (Å²) in [4.78, 5) is 30.9. The summed E-state index contributed by atoms with van der Waals surface area (Å²) in [6.07, 6.45) is 0.240. The van der Waals surface area contributed by atoms with E-state index in [1.807, 2.05) is 11.0 Å². The molecule has 1 aromatic carbocycles. The molecule has 3 aliphatic rings. The normalized spacial score (nSPS) is 23.0. The fraction of sp³-hybridized carbons (Fsp3) is 0.556. The van der Waals surface area contributed by atoms with Crippen molar-refractivity contribution in [3.05, 3.63) is 18.2 Å². The number of amides is 2. The zero-order valence-electron chi connectivity index (χ0n) is 14.6. The Kier molecular flexibility index (Phi) is 4.69. The second-order valence-electron chi connectivity index (χ2n) is 6.83. The van der Waals surface area contributed by atoms with Gasteiger partial charge in [0, 0.05) is 57.4 Å². The third kappa shape index (κ3) is 3.22. The minimum absolute atomic E-state index is 0.0406. The van der Waals surface area contributed by atoms with Crippen LogP contribution in [-0.4, -0.2) is 79.4 Å². The van der Waals surface area contributed by atoms with Crippen LogP contribution in [0.2, 0.25) is 0 Å². The fourth-order valence-corrected chi connectivity index (χ4v) is 3.77. The van der Waals surface area contributed by atoms with Crippen LogP contribution in [0.5, 0.6) is 11.5 Å². The highest BCUT2D eigenvalue weighted by molar-refractivity contribution is 6.00. The molecule has 8 heteroatoms. The Morgan fingerprint density at radius 2 is 1.92 bits per heavy atom. The molecule has 0 bridgehead atoms. The molecule has 1 N–H and O–H groups in total. The van der Waals surface area contributed by atoms with Gasteiger partial charge in [0.2, 0.25) is 18.6 Å². The second kappa shape index (κ2) is 7.13. The molecule has 1 atom stereocenters. The standard InChI is InChI=1S/C18H23N3O5/c22-8-7-19-3-5-20(6-4-19)18(24)13-9-17(23)21(11-13)14-1-2-15-16(10-14)26-12-25-15/h1-2,10,13,22H,3-9,11-12H2. The number of benzene rings is 1. The van der Waals surface area contributed by atoms with Crippen LogP contribution < -0.4 is 14.4 Å². The molecular formula is C18H23N3O5. The first-order chi connectivity index (χ1) is 12.7. The minimum atomic E-state index is -0.308. The Labute approximate surface area is 151 Å². The van der Waals surface area contributed by atoms with Gasteiger partial charge in [0.1, 0.15) is 0 Å². The van der Waals surface area contributed by atoms with Crippen molar-refractivity contribution < 1.29 is 24.2 Å². The Balaban J connectivity index is 1.39. The van der Waals surface area contributed by atoms with Crippen LogP contribution in [-0.2, 0) is 9.59 Å². The maximum absolute atomic E-state index is 12.8. The highest BCUT2D eigenvalue weighted by Crippen LogP contribution is 2.37. The minimum Gasteiger partial charge on any atom is -0.454 e. The van der Waals surface area contributed by atoms with Crippen molar-refractivity contribution in [2.45, 2.75) is 6.42 Å². The van der Waals surface area contributed by atoms with Crippen LogP contribution in [0.4, 0.5) is 5.69 Å². The number of rotatable bonds is 4. The number of aliphatic hydroxyl groups excluding tert-OH is 1. The summed E-state index contributed by atoms with van der Waals surface area (Å²) in [5.41, 5.74) is 0.738. The van der Waals surface area contributed by atoms with Crippen LogP contribution in [0, 0.1) is 5.92 Å². The van der Waals surface area contributed by atoms with Crippen molar-refractivity contribution in [3.63, 3.8) is 0 Å². The fourth-order valence-electron chi connectivity index (χ4n) is 3.77. The number of hydrogen-bond donors (Lipinski definition) is 1. The van der Waals surface area contributed by atoms with E-state index in [9.17, 15) is 9.59 Å². The van der Waals surface area contributed by atoms with Crippen molar-refractivity contribution in [2.24, 2.45) is 5.92 Å². The number of ether oxygens (including phenoxy) is 2. The summed E-state index contributed by atoms with van der Waals surface area (Å²) in [6, 6.07) is 5.41. The Morgan fingerprint density at radius 3 is 2.69 bits per heavy atom.